The number of para-hydroxylation sites is 1. The summed E-state index contributed by atoms with van der Waals surface area (Å²) in [6.07, 6.45) is 2.40. The molecule has 0 radical (unpaired) electrons. The van der Waals surface area contributed by atoms with Crippen molar-refractivity contribution in [1.82, 2.24) is 4.98 Å². The van der Waals surface area contributed by atoms with Crippen molar-refractivity contribution in [3.8, 4) is 11.5 Å². The molecule has 244 valence electrons. The van der Waals surface area contributed by atoms with Gasteiger partial charge < -0.3 is 54.2 Å². The van der Waals surface area contributed by atoms with Gasteiger partial charge in [-0.2, -0.15) is 0 Å². The van der Waals surface area contributed by atoms with Gasteiger partial charge in [0.1, 0.15) is 48.6 Å². The minimum Gasteiger partial charge on any atom is -0.508 e. The van der Waals surface area contributed by atoms with E-state index in [1.165, 1.54) is 6.42 Å². The number of fused-ring (bicyclic) bond motifs is 2. The number of aromatic amines is 1. The second-order valence-electron chi connectivity index (χ2n) is 11.4. The Bertz CT molecular complexity index is 1290. The Morgan fingerprint density at radius 3 is 2.39 bits per heavy atom. The van der Waals surface area contributed by atoms with E-state index < -0.39 is 36.5 Å². The van der Waals surface area contributed by atoms with Gasteiger partial charge in [0.15, 0.2) is 12.1 Å². The van der Waals surface area contributed by atoms with E-state index in [0.29, 0.717) is 11.5 Å². The van der Waals surface area contributed by atoms with E-state index in [4.69, 9.17) is 39.0 Å². The smallest absolute Gasteiger partial charge is 0.190 e. The van der Waals surface area contributed by atoms with Crippen molar-refractivity contribution in [2.24, 2.45) is 0 Å². The Balaban J connectivity index is 0.000000160. The molecule has 3 aliphatic rings. The van der Waals surface area contributed by atoms with Crippen LogP contribution in [-0.4, -0.2) is 100 Å². The molecule has 1 saturated carbocycles. The molecule has 3 heterocycles. The summed E-state index contributed by atoms with van der Waals surface area (Å²) in [5, 5.41) is 46.8. The number of ether oxygens (including phenoxy) is 5. The van der Waals surface area contributed by atoms with Crippen molar-refractivity contribution in [2.45, 2.75) is 95.0 Å². The number of phenols is 1. The number of rotatable bonds is 8. The highest BCUT2D eigenvalue weighted by Gasteiger charge is 2.59. The van der Waals surface area contributed by atoms with Crippen LogP contribution in [0.25, 0.3) is 10.9 Å². The number of hydrogen-bond acceptors (Lipinski definition) is 10. The number of aliphatic hydroxyl groups excluding tert-OH is 4. The van der Waals surface area contributed by atoms with Crippen molar-refractivity contribution in [2.75, 3.05) is 26.9 Å². The van der Waals surface area contributed by atoms with Crippen molar-refractivity contribution in [1.29, 1.82) is 0 Å². The molecule has 6 rings (SSSR count). The number of aromatic nitrogens is 1. The summed E-state index contributed by atoms with van der Waals surface area (Å²) in [5.74, 6) is 0.591. The summed E-state index contributed by atoms with van der Waals surface area (Å²) in [4.78, 5) is 3.21. The van der Waals surface area contributed by atoms with Crippen LogP contribution in [0.2, 0.25) is 0 Å². The molecule has 2 aliphatic heterocycles. The van der Waals surface area contributed by atoms with E-state index in [-0.39, 0.29) is 25.9 Å². The van der Waals surface area contributed by atoms with E-state index in [1.54, 1.807) is 13.2 Å². The molecule has 1 aromatic heterocycles. The Hall–Kier alpha value is -2.74. The second-order valence-corrected chi connectivity index (χ2v) is 11.4. The number of methoxy groups -OCH3 is 1. The minimum absolute atomic E-state index is 0.0971. The summed E-state index contributed by atoms with van der Waals surface area (Å²) in [6, 6.07) is 15.1. The molecule has 0 bridgehead atoms. The maximum atomic E-state index is 9.75. The lowest BCUT2D eigenvalue weighted by Gasteiger charge is -2.34. The molecule has 0 amide bonds. The molecule has 2 aromatic carbocycles. The highest BCUT2D eigenvalue weighted by atomic mass is 16.8. The molecule has 44 heavy (non-hydrogen) atoms. The molecule has 6 atom stereocenters. The number of benzene rings is 2. The zero-order valence-corrected chi connectivity index (χ0v) is 25.7. The number of nitrogens with one attached hydrogen (secondary N) is 1. The lowest BCUT2D eigenvalue weighted by molar-refractivity contribution is -0.255. The predicted molar refractivity (Wildman–Crippen MR) is 163 cm³/mol. The molecular weight excluding hydrogens is 570 g/mol. The maximum absolute atomic E-state index is 9.75. The number of H-pyrrole nitrogens is 1. The van der Waals surface area contributed by atoms with Gasteiger partial charge in [-0.05, 0) is 56.0 Å². The topological polar surface area (TPSA) is 163 Å². The third-order valence-electron chi connectivity index (χ3n) is 8.12. The van der Waals surface area contributed by atoms with Gasteiger partial charge in [-0.3, -0.25) is 0 Å². The highest BCUT2D eigenvalue weighted by molar-refractivity contribution is 5.86. The number of aryl methyl sites for hydroxylation is 2. The van der Waals surface area contributed by atoms with Gasteiger partial charge >= 0.3 is 0 Å². The van der Waals surface area contributed by atoms with Crippen LogP contribution < -0.4 is 4.74 Å². The first kappa shape index (κ1) is 34.1. The van der Waals surface area contributed by atoms with Crippen LogP contribution >= 0.6 is 0 Å². The third-order valence-corrected chi connectivity index (χ3v) is 8.12. The average Bonchev–Trinajstić information content (AvgIpc) is 3.70. The summed E-state index contributed by atoms with van der Waals surface area (Å²) in [6.45, 7) is 3.44. The Morgan fingerprint density at radius 2 is 1.75 bits per heavy atom. The highest BCUT2D eigenvalue weighted by Crippen LogP contribution is 2.46. The fourth-order valence-corrected chi connectivity index (χ4v) is 5.81. The number of hydrogen-bond donors (Lipinski definition) is 6. The fourth-order valence-electron chi connectivity index (χ4n) is 5.81. The lowest BCUT2D eigenvalue weighted by atomic mass is 9.94. The SMILES string of the molecule is CCc1ccccc1O.COC1C2OC3(CCCCC3)OC2OC1[C@@H](O)CO.Cc1cc2c(OCC(O)CO)cccc2[nH]1. The van der Waals surface area contributed by atoms with Crippen LogP contribution in [0, 0.1) is 6.92 Å². The van der Waals surface area contributed by atoms with Crippen molar-refractivity contribution >= 4 is 10.9 Å². The minimum atomic E-state index is -0.981. The Labute approximate surface area is 258 Å². The summed E-state index contributed by atoms with van der Waals surface area (Å²) >= 11 is 0. The van der Waals surface area contributed by atoms with Gasteiger partial charge in [0, 0.05) is 36.5 Å². The van der Waals surface area contributed by atoms with Crippen LogP contribution in [-0.2, 0) is 25.4 Å². The number of aliphatic hydroxyl groups is 4. The van der Waals surface area contributed by atoms with Gasteiger partial charge in [0.25, 0.3) is 0 Å². The van der Waals surface area contributed by atoms with Crippen LogP contribution in [0.1, 0.15) is 50.3 Å². The Morgan fingerprint density at radius 1 is 1.00 bits per heavy atom. The fraction of sp³-hybridized carbons (Fsp3) is 0.576. The van der Waals surface area contributed by atoms with Gasteiger partial charge in [-0.15, -0.1) is 0 Å². The van der Waals surface area contributed by atoms with E-state index in [0.717, 1.165) is 54.3 Å². The van der Waals surface area contributed by atoms with Crippen LogP contribution in [0.3, 0.4) is 0 Å². The van der Waals surface area contributed by atoms with Crippen LogP contribution in [0.15, 0.2) is 48.5 Å². The zero-order valence-electron chi connectivity index (χ0n) is 25.7. The lowest BCUT2D eigenvalue weighted by Crippen LogP contribution is -2.44. The second kappa shape index (κ2) is 16.0. The first-order chi connectivity index (χ1) is 21.2. The third kappa shape index (κ3) is 8.29. The van der Waals surface area contributed by atoms with Crippen molar-refractivity contribution in [3.63, 3.8) is 0 Å². The first-order valence-corrected chi connectivity index (χ1v) is 15.3. The molecule has 2 saturated heterocycles. The Kier molecular flexibility index (Phi) is 12.4. The number of aromatic hydroxyl groups is 1. The number of phenolic OH excluding ortho intramolecular Hbond substituents is 1. The largest absolute Gasteiger partial charge is 0.508 e. The average molecular weight is 618 g/mol. The molecular formula is C33H47NO10. The van der Waals surface area contributed by atoms with E-state index in [1.807, 2.05) is 56.3 Å². The molecule has 6 N–H and O–H groups in total. The van der Waals surface area contributed by atoms with Gasteiger partial charge in [0.2, 0.25) is 0 Å². The van der Waals surface area contributed by atoms with Gasteiger partial charge in [-0.25, -0.2) is 0 Å². The molecule has 1 aliphatic carbocycles. The molecule has 11 heteroatoms. The monoisotopic (exact) mass is 617 g/mol. The predicted octanol–water partition coefficient (Wildman–Crippen LogP) is 3.32. The molecule has 3 fully saturated rings. The normalized spacial score (nSPS) is 25.0. The van der Waals surface area contributed by atoms with Crippen molar-refractivity contribution < 1.29 is 49.2 Å². The van der Waals surface area contributed by atoms with E-state index >= 15 is 0 Å². The van der Waals surface area contributed by atoms with Crippen LogP contribution in [0.5, 0.6) is 11.5 Å². The summed E-state index contributed by atoms with van der Waals surface area (Å²) in [7, 11) is 1.56. The zero-order chi connectivity index (χ0) is 31.7. The summed E-state index contributed by atoms with van der Waals surface area (Å²) < 4.78 is 28.6. The standard InChI is InChI=1S/C13H22O6.C12H15NO3.C8H10O/c1-16-10-9(8(15)7-14)17-12-11(10)18-13(19-12)5-3-2-4-6-13;1-8-5-10-11(13-8)3-2-4-12(10)16-7-9(15)6-14;1-2-7-5-3-4-6-8(7)9/h8-12,14-15H,2-7H2,1H3;2-5,9,13-15H,6-7H2,1H3;3-6,9H,2H2,1H3/t8-,9?,10?,11?,12?;;/m0../s1. The summed E-state index contributed by atoms with van der Waals surface area (Å²) in [5.41, 5.74) is 3.08. The molecule has 5 unspecified atom stereocenters. The van der Waals surface area contributed by atoms with Gasteiger partial charge in [0.05, 0.1) is 13.2 Å². The quantitative estimate of drug-likeness (QED) is 0.221. The molecule has 11 nitrogen and oxygen atoms in total. The first-order valence-electron chi connectivity index (χ1n) is 15.3. The molecule has 3 aromatic rings. The van der Waals surface area contributed by atoms with Crippen LogP contribution in [0.4, 0.5) is 0 Å². The maximum Gasteiger partial charge on any atom is 0.190 e. The van der Waals surface area contributed by atoms with E-state index in [2.05, 4.69) is 4.98 Å². The van der Waals surface area contributed by atoms with E-state index in [9.17, 15) is 10.2 Å². The van der Waals surface area contributed by atoms with Crippen molar-refractivity contribution in [3.05, 3.63) is 59.8 Å². The molecule has 1 spiro atoms. The van der Waals surface area contributed by atoms with Gasteiger partial charge in [-0.1, -0.05) is 37.6 Å².